The number of anilines is 1. The second-order valence-corrected chi connectivity index (χ2v) is 4.55. The SMILES string of the molecule is CC(=O)Nc1nc(COc2ccc(F)cc2F)cs1. The van der Waals surface area contributed by atoms with Crippen molar-refractivity contribution in [2.45, 2.75) is 13.5 Å². The number of amides is 1. The molecule has 7 heteroatoms. The third-order valence-electron chi connectivity index (χ3n) is 2.10. The van der Waals surface area contributed by atoms with Crippen LogP contribution in [-0.2, 0) is 11.4 Å². The highest BCUT2D eigenvalue weighted by Gasteiger charge is 2.07. The topological polar surface area (TPSA) is 51.2 Å². The molecule has 0 radical (unpaired) electrons. The van der Waals surface area contributed by atoms with Crippen LogP contribution in [0.4, 0.5) is 13.9 Å². The number of thiazole rings is 1. The van der Waals surface area contributed by atoms with Gasteiger partial charge in [0.05, 0.1) is 5.69 Å². The van der Waals surface area contributed by atoms with E-state index in [1.54, 1.807) is 5.38 Å². The van der Waals surface area contributed by atoms with Crippen LogP contribution in [-0.4, -0.2) is 10.9 Å². The fraction of sp³-hybridized carbons (Fsp3) is 0.167. The molecule has 0 saturated carbocycles. The number of halogens is 2. The zero-order valence-corrected chi connectivity index (χ0v) is 10.8. The van der Waals surface area contributed by atoms with E-state index in [-0.39, 0.29) is 18.3 Å². The summed E-state index contributed by atoms with van der Waals surface area (Å²) in [5.74, 6) is -1.69. The van der Waals surface area contributed by atoms with Crippen molar-refractivity contribution in [2.24, 2.45) is 0 Å². The number of ether oxygens (including phenoxy) is 1. The molecule has 0 saturated heterocycles. The number of hydrogen-bond acceptors (Lipinski definition) is 4. The highest BCUT2D eigenvalue weighted by molar-refractivity contribution is 7.13. The van der Waals surface area contributed by atoms with Crippen molar-refractivity contribution < 1.29 is 18.3 Å². The van der Waals surface area contributed by atoms with Crippen LogP contribution in [0.3, 0.4) is 0 Å². The lowest BCUT2D eigenvalue weighted by Gasteiger charge is -2.05. The first-order valence-electron chi connectivity index (χ1n) is 5.34. The summed E-state index contributed by atoms with van der Waals surface area (Å²) in [6, 6.07) is 3.08. The van der Waals surface area contributed by atoms with Gasteiger partial charge in [-0.05, 0) is 12.1 Å². The maximum atomic E-state index is 13.3. The van der Waals surface area contributed by atoms with E-state index in [1.807, 2.05) is 0 Å². The monoisotopic (exact) mass is 284 g/mol. The molecule has 1 heterocycles. The lowest BCUT2D eigenvalue weighted by atomic mass is 10.3. The van der Waals surface area contributed by atoms with Gasteiger partial charge in [-0.1, -0.05) is 0 Å². The number of rotatable bonds is 4. The molecule has 1 amide bonds. The molecule has 1 aromatic carbocycles. The third kappa shape index (κ3) is 3.72. The van der Waals surface area contributed by atoms with Crippen LogP contribution in [0.5, 0.6) is 5.75 Å². The number of benzene rings is 1. The molecule has 19 heavy (non-hydrogen) atoms. The quantitative estimate of drug-likeness (QED) is 0.939. The number of carbonyl (C=O) groups is 1. The van der Waals surface area contributed by atoms with Gasteiger partial charge in [-0.3, -0.25) is 4.79 Å². The van der Waals surface area contributed by atoms with Crippen LogP contribution in [0.2, 0.25) is 0 Å². The molecule has 0 atom stereocenters. The highest BCUT2D eigenvalue weighted by Crippen LogP contribution is 2.20. The minimum atomic E-state index is -0.766. The van der Waals surface area contributed by atoms with Gasteiger partial charge in [0.15, 0.2) is 16.7 Å². The Bertz CT molecular complexity index is 601. The molecular formula is C12H10F2N2O2S. The normalized spacial score (nSPS) is 10.3. The predicted octanol–water partition coefficient (Wildman–Crippen LogP) is 2.96. The van der Waals surface area contributed by atoms with Gasteiger partial charge in [0.1, 0.15) is 12.4 Å². The molecule has 100 valence electrons. The average Bonchev–Trinajstić information content (AvgIpc) is 2.74. The molecular weight excluding hydrogens is 274 g/mol. The molecule has 0 aliphatic carbocycles. The lowest BCUT2D eigenvalue weighted by Crippen LogP contribution is -2.05. The van der Waals surface area contributed by atoms with Crippen LogP contribution in [0.15, 0.2) is 23.6 Å². The van der Waals surface area contributed by atoms with Crippen LogP contribution in [0.25, 0.3) is 0 Å². The molecule has 2 aromatic rings. The van der Waals surface area contributed by atoms with Crippen LogP contribution >= 0.6 is 11.3 Å². The van der Waals surface area contributed by atoms with Crippen LogP contribution < -0.4 is 10.1 Å². The summed E-state index contributed by atoms with van der Waals surface area (Å²) in [5, 5.41) is 4.67. The van der Waals surface area contributed by atoms with Gasteiger partial charge in [-0.25, -0.2) is 13.8 Å². The second kappa shape index (κ2) is 5.75. The molecule has 0 aliphatic heterocycles. The van der Waals surface area contributed by atoms with E-state index in [0.717, 1.165) is 12.1 Å². The smallest absolute Gasteiger partial charge is 0.223 e. The summed E-state index contributed by atoms with van der Waals surface area (Å²) >= 11 is 1.24. The molecule has 0 spiro atoms. The molecule has 0 aliphatic rings. The minimum absolute atomic E-state index is 0.0403. The van der Waals surface area contributed by atoms with E-state index >= 15 is 0 Å². The average molecular weight is 284 g/mol. The minimum Gasteiger partial charge on any atom is -0.484 e. The summed E-state index contributed by atoms with van der Waals surface area (Å²) in [6.07, 6.45) is 0. The number of nitrogens with one attached hydrogen (secondary N) is 1. The van der Waals surface area contributed by atoms with Gasteiger partial charge >= 0.3 is 0 Å². The molecule has 1 N–H and O–H groups in total. The predicted molar refractivity (Wildman–Crippen MR) is 67.1 cm³/mol. The first kappa shape index (κ1) is 13.4. The fourth-order valence-corrected chi connectivity index (χ4v) is 2.07. The second-order valence-electron chi connectivity index (χ2n) is 3.69. The summed E-state index contributed by atoms with van der Waals surface area (Å²) in [6.45, 7) is 1.42. The van der Waals surface area contributed by atoms with E-state index < -0.39 is 11.6 Å². The van der Waals surface area contributed by atoms with Crippen molar-refractivity contribution in [1.82, 2.24) is 4.98 Å². The Balaban J connectivity index is 1.98. The summed E-state index contributed by atoms with van der Waals surface area (Å²) < 4.78 is 31.2. The Hall–Kier alpha value is -2.02. The van der Waals surface area contributed by atoms with Gasteiger partial charge in [0.25, 0.3) is 0 Å². The molecule has 0 fully saturated rings. The van der Waals surface area contributed by atoms with Gasteiger partial charge in [-0.15, -0.1) is 11.3 Å². The van der Waals surface area contributed by atoms with Crippen molar-refractivity contribution >= 4 is 22.4 Å². The van der Waals surface area contributed by atoms with Crippen LogP contribution in [0, 0.1) is 11.6 Å². The van der Waals surface area contributed by atoms with Gasteiger partial charge < -0.3 is 10.1 Å². The fourth-order valence-electron chi connectivity index (χ4n) is 1.33. The van der Waals surface area contributed by atoms with Crippen molar-refractivity contribution in [1.29, 1.82) is 0 Å². The molecule has 4 nitrogen and oxygen atoms in total. The molecule has 0 bridgehead atoms. The Kier molecular flexibility index (Phi) is 4.06. The number of carbonyl (C=O) groups excluding carboxylic acids is 1. The van der Waals surface area contributed by atoms with E-state index in [9.17, 15) is 13.6 Å². The Morgan fingerprint density at radius 3 is 2.95 bits per heavy atom. The third-order valence-corrected chi connectivity index (χ3v) is 2.91. The Morgan fingerprint density at radius 1 is 1.47 bits per heavy atom. The number of nitrogens with zero attached hydrogens (tertiary/aromatic N) is 1. The Morgan fingerprint density at radius 2 is 2.26 bits per heavy atom. The first-order chi connectivity index (χ1) is 9.04. The largest absolute Gasteiger partial charge is 0.484 e. The summed E-state index contributed by atoms with van der Waals surface area (Å²) in [7, 11) is 0. The summed E-state index contributed by atoms with van der Waals surface area (Å²) in [5.41, 5.74) is 0.553. The van der Waals surface area contributed by atoms with Gasteiger partial charge in [-0.2, -0.15) is 0 Å². The van der Waals surface area contributed by atoms with E-state index in [0.29, 0.717) is 10.8 Å². The zero-order valence-electron chi connectivity index (χ0n) is 9.94. The van der Waals surface area contributed by atoms with E-state index in [1.165, 1.54) is 24.3 Å². The first-order valence-corrected chi connectivity index (χ1v) is 6.22. The summed E-state index contributed by atoms with van der Waals surface area (Å²) in [4.78, 5) is 14.9. The van der Waals surface area contributed by atoms with Crippen molar-refractivity contribution in [3.05, 3.63) is 40.9 Å². The van der Waals surface area contributed by atoms with E-state index in [2.05, 4.69) is 10.3 Å². The molecule has 0 unspecified atom stereocenters. The zero-order chi connectivity index (χ0) is 13.8. The number of hydrogen-bond donors (Lipinski definition) is 1. The van der Waals surface area contributed by atoms with Gasteiger partial charge in [0.2, 0.25) is 5.91 Å². The highest BCUT2D eigenvalue weighted by atomic mass is 32.1. The van der Waals surface area contributed by atoms with Gasteiger partial charge in [0, 0.05) is 18.4 Å². The number of aromatic nitrogens is 1. The van der Waals surface area contributed by atoms with Crippen LogP contribution in [0.1, 0.15) is 12.6 Å². The maximum Gasteiger partial charge on any atom is 0.223 e. The lowest BCUT2D eigenvalue weighted by molar-refractivity contribution is -0.114. The maximum absolute atomic E-state index is 13.3. The molecule has 1 aromatic heterocycles. The Labute approximate surface area is 112 Å². The van der Waals surface area contributed by atoms with Crippen molar-refractivity contribution in [3.63, 3.8) is 0 Å². The molecule has 2 rings (SSSR count). The van der Waals surface area contributed by atoms with Crippen molar-refractivity contribution in [3.8, 4) is 5.75 Å². The van der Waals surface area contributed by atoms with E-state index in [4.69, 9.17) is 4.74 Å². The standard InChI is InChI=1S/C12H10F2N2O2S/c1-7(17)15-12-16-9(6-19-12)5-18-11-3-2-8(13)4-10(11)14/h2-4,6H,5H2,1H3,(H,15,16,17). The van der Waals surface area contributed by atoms with Crippen molar-refractivity contribution in [2.75, 3.05) is 5.32 Å².